The average molecular weight is 198 g/mol. The zero-order valence-corrected chi connectivity index (χ0v) is 9.38. The summed E-state index contributed by atoms with van der Waals surface area (Å²) in [5.74, 6) is 0.763. The van der Waals surface area contributed by atoms with Crippen molar-refractivity contribution in [2.24, 2.45) is 5.92 Å². The lowest BCUT2D eigenvalue weighted by atomic mass is 9.79. The highest BCUT2D eigenvalue weighted by Gasteiger charge is 2.42. The van der Waals surface area contributed by atoms with Gasteiger partial charge >= 0.3 is 0 Å². The van der Waals surface area contributed by atoms with E-state index < -0.39 is 0 Å². The smallest absolute Gasteiger partial charge is 0.0843 e. The molecule has 0 aromatic heterocycles. The molecule has 0 radical (unpaired) electrons. The number of hydrogen-bond donors (Lipinski definition) is 1. The summed E-state index contributed by atoms with van der Waals surface area (Å²) in [5, 5.41) is 3.43. The van der Waals surface area contributed by atoms with Crippen LogP contribution in [0, 0.1) is 5.92 Å². The van der Waals surface area contributed by atoms with E-state index in [2.05, 4.69) is 17.3 Å². The van der Waals surface area contributed by atoms with Crippen molar-refractivity contribution in [1.82, 2.24) is 10.2 Å². The first-order valence-corrected chi connectivity index (χ1v) is 5.71. The summed E-state index contributed by atoms with van der Waals surface area (Å²) >= 11 is 0. The molecule has 0 bridgehead atoms. The minimum atomic E-state index is 0.154. The minimum Gasteiger partial charge on any atom is -0.377 e. The van der Waals surface area contributed by atoms with Crippen molar-refractivity contribution in [3.05, 3.63) is 0 Å². The number of rotatable bonds is 2. The Labute approximate surface area is 86.8 Å². The van der Waals surface area contributed by atoms with E-state index in [9.17, 15) is 0 Å². The van der Waals surface area contributed by atoms with Gasteiger partial charge in [-0.25, -0.2) is 0 Å². The van der Waals surface area contributed by atoms with E-state index in [0.29, 0.717) is 0 Å². The van der Waals surface area contributed by atoms with E-state index in [1.165, 1.54) is 32.4 Å². The lowest BCUT2D eigenvalue weighted by Crippen LogP contribution is -2.47. The second kappa shape index (κ2) is 4.17. The van der Waals surface area contributed by atoms with Crippen LogP contribution in [0.3, 0.4) is 0 Å². The molecule has 3 heteroatoms. The number of ether oxygens (including phenoxy) is 1. The molecule has 2 aliphatic heterocycles. The highest BCUT2D eigenvalue weighted by molar-refractivity contribution is 4.96. The van der Waals surface area contributed by atoms with Gasteiger partial charge in [-0.3, -0.25) is 0 Å². The lowest BCUT2D eigenvalue weighted by molar-refractivity contribution is -0.0596. The van der Waals surface area contributed by atoms with Crippen LogP contribution in [0.25, 0.3) is 0 Å². The molecule has 0 aromatic carbocycles. The Morgan fingerprint density at radius 3 is 2.57 bits per heavy atom. The highest BCUT2D eigenvalue weighted by atomic mass is 16.5. The highest BCUT2D eigenvalue weighted by Crippen LogP contribution is 2.35. The summed E-state index contributed by atoms with van der Waals surface area (Å²) in [7, 11) is 4.09. The molecule has 0 aliphatic carbocycles. The second-order valence-corrected chi connectivity index (χ2v) is 4.77. The molecular formula is C11H22N2O. The van der Waals surface area contributed by atoms with Crippen LogP contribution in [-0.4, -0.2) is 50.8 Å². The molecule has 1 atom stereocenters. The fourth-order valence-electron chi connectivity index (χ4n) is 2.91. The Morgan fingerprint density at radius 2 is 2.07 bits per heavy atom. The van der Waals surface area contributed by atoms with Gasteiger partial charge in [0.25, 0.3) is 0 Å². The maximum Gasteiger partial charge on any atom is 0.0843 e. The molecule has 2 aliphatic rings. The number of hydrogen-bond acceptors (Lipinski definition) is 3. The molecule has 0 aromatic rings. The van der Waals surface area contributed by atoms with Gasteiger partial charge in [0.05, 0.1) is 5.60 Å². The van der Waals surface area contributed by atoms with Crippen molar-refractivity contribution in [3.8, 4) is 0 Å². The molecule has 1 unspecified atom stereocenters. The van der Waals surface area contributed by atoms with E-state index in [-0.39, 0.29) is 5.60 Å². The largest absolute Gasteiger partial charge is 0.377 e. The molecule has 1 N–H and O–H groups in total. The molecule has 82 valence electrons. The molecular weight excluding hydrogens is 176 g/mol. The van der Waals surface area contributed by atoms with Gasteiger partial charge in [-0.05, 0) is 51.9 Å². The van der Waals surface area contributed by atoms with Gasteiger partial charge in [-0.1, -0.05) is 0 Å². The summed E-state index contributed by atoms with van der Waals surface area (Å²) in [6.45, 7) is 4.64. The molecule has 0 saturated carbocycles. The van der Waals surface area contributed by atoms with E-state index in [4.69, 9.17) is 4.74 Å². The summed E-state index contributed by atoms with van der Waals surface area (Å²) in [5.41, 5.74) is 0.154. The first-order chi connectivity index (χ1) is 6.77. The summed E-state index contributed by atoms with van der Waals surface area (Å²) < 4.78 is 5.79. The molecule has 2 fully saturated rings. The first-order valence-electron chi connectivity index (χ1n) is 5.71. The fourth-order valence-corrected chi connectivity index (χ4v) is 2.91. The number of methoxy groups -OCH3 is 1. The van der Waals surface area contributed by atoms with Crippen LogP contribution in [-0.2, 0) is 4.74 Å². The summed E-state index contributed by atoms with van der Waals surface area (Å²) in [6, 6.07) is 0. The van der Waals surface area contributed by atoms with Crippen molar-refractivity contribution >= 4 is 0 Å². The third kappa shape index (κ3) is 1.81. The topological polar surface area (TPSA) is 24.5 Å². The summed E-state index contributed by atoms with van der Waals surface area (Å²) in [6.07, 6.45) is 3.79. The van der Waals surface area contributed by atoms with Crippen LogP contribution >= 0.6 is 0 Å². The SMILES string of the molecule is COC1(C2CCN(C)CC2)CCNC1. The van der Waals surface area contributed by atoms with Crippen molar-refractivity contribution in [3.63, 3.8) is 0 Å². The third-order valence-electron chi connectivity index (χ3n) is 4.02. The maximum absolute atomic E-state index is 5.79. The standard InChI is InChI=1S/C11H22N2O/c1-13-7-3-10(4-8-13)11(14-2)5-6-12-9-11/h10,12H,3-9H2,1-2H3. The second-order valence-electron chi connectivity index (χ2n) is 4.77. The fraction of sp³-hybridized carbons (Fsp3) is 1.00. The molecule has 2 saturated heterocycles. The zero-order valence-electron chi connectivity index (χ0n) is 9.38. The summed E-state index contributed by atoms with van der Waals surface area (Å²) in [4.78, 5) is 2.42. The van der Waals surface area contributed by atoms with Crippen LogP contribution in [0.5, 0.6) is 0 Å². The Balaban J connectivity index is 1.98. The van der Waals surface area contributed by atoms with Gasteiger partial charge in [0.15, 0.2) is 0 Å². The molecule has 0 amide bonds. The van der Waals surface area contributed by atoms with Gasteiger partial charge in [0, 0.05) is 13.7 Å². The normalized spacial score (nSPS) is 36.4. The maximum atomic E-state index is 5.79. The Kier molecular flexibility index (Phi) is 3.10. The molecule has 3 nitrogen and oxygen atoms in total. The molecule has 0 spiro atoms. The minimum absolute atomic E-state index is 0.154. The Morgan fingerprint density at radius 1 is 1.36 bits per heavy atom. The van der Waals surface area contributed by atoms with Crippen LogP contribution < -0.4 is 5.32 Å². The van der Waals surface area contributed by atoms with E-state index in [0.717, 1.165) is 19.0 Å². The number of nitrogens with zero attached hydrogens (tertiary/aromatic N) is 1. The van der Waals surface area contributed by atoms with Crippen LogP contribution in [0.1, 0.15) is 19.3 Å². The van der Waals surface area contributed by atoms with Crippen LogP contribution in [0.15, 0.2) is 0 Å². The molecule has 2 heterocycles. The first kappa shape index (κ1) is 10.4. The van der Waals surface area contributed by atoms with Crippen LogP contribution in [0.2, 0.25) is 0 Å². The quantitative estimate of drug-likeness (QED) is 0.707. The van der Waals surface area contributed by atoms with Gasteiger partial charge in [0.2, 0.25) is 0 Å². The van der Waals surface area contributed by atoms with E-state index >= 15 is 0 Å². The van der Waals surface area contributed by atoms with Gasteiger partial charge in [-0.15, -0.1) is 0 Å². The monoisotopic (exact) mass is 198 g/mol. The number of likely N-dealkylation sites (tertiary alicyclic amines) is 1. The van der Waals surface area contributed by atoms with Crippen molar-refractivity contribution in [1.29, 1.82) is 0 Å². The van der Waals surface area contributed by atoms with Gasteiger partial charge in [-0.2, -0.15) is 0 Å². The predicted molar refractivity (Wildman–Crippen MR) is 57.4 cm³/mol. The van der Waals surface area contributed by atoms with E-state index in [1.807, 2.05) is 7.11 Å². The van der Waals surface area contributed by atoms with E-state index in [1.54, 1.807) is 0 Å². The van der Waals surface area contributed by atoms with Crippen LogP contribution in [0.4, 0.5) is 0 Å². The zero-order chi connectivity index (χ0) is 10.0. The number of piperidine rings is 1. The number of nitrogens with one attached hydrogen (secondary N) is 1. The third-order valence-corrected chi connectivity index (χ3v) is 4.02. The Bertz CT molecular complexity index is 182. The van der Waals surface area contributed by atoms with Crippen molar-refractivity contribution < 1.29 is 4.74 Å². The van der Waals surface area contributed by atoms with Crippen molar-refractivity contribution in [2.45, 2.75) is 24.9 Å². The average Bonchev–Trinajstić information content (AvgIpc) is 2.68. The van der Waals surface area contributed by atoms with Gasteiger partial charge < -0.3 is 15.0 Å². The van der Waals surface area contributed by atoms with Crippen molar-refractivity contribution in [2.75, 3.05) is 40.3 Å². The predicted octanol–water partition coefficient (Wildman–Crippen LogP) is 0.707. The van der Waals surface area contributed by atoms with Gasteiger partial charge in [0.1, 0.15) is 0 Å². The lowest BCUT2D eigenvalue weighted by Gasteiger charge is -2.40. The molecule has 2 rings (SSSR count). The molecule has 14 heavy (non-hydrogen) atoms. The Hall–Kier alpha value is -0.120.